The molecule has 0 saturated carbocycles. The summed E-state index contributed by atoms with van der Waals surface area (Å²) in [6, 6.07) is 12.2. The Kier molecular flexibility index (Phi) is 6.21. The number of fused-ring (bicyclic) bond motifs is 3. The Bertz CT molecular complexity index is 909. The highest BCUT2D eigenvalue weighted by atomic mass is 35.5. The van der Waals surface area contributed by atoms with E-state index in [-0.39, 0.29) is 24.1 Å². The van der Waals surface area contributed by atoms with E-state index in [2.05, 4.69) is 22.3 Å². The predicted octanol–water partition coefficient (Wildman–Crippen LogP) is 4.82. The largest absolute Gasteiger partial charge is 0.322 e. The van der Waals surface area contributed by atoms with E-state index in [0.717, 1.165) is 30.6 Å². The van der Waals surface area contributed by atoms with Crippen molar-refractivity contribution in [2.45, 2.75) is 45.6 Å². The standard InChI is InChI=1S/C23H26N2O2.ClH/c1-3-16-6-7-18(13-20(16)15(2)26)23(27)24-19-9-8-17-10-12-25-11-4-5-22(25)21(17)14-19;/h6-9,13-14,22H,3-5,10-12H2,1-2H3,(H,24,27);1H. The Morgan fingerprint density at radius 2 is 1.96 bits per heavy atom. The number of amides is 1. The van der Waals surface area contributed by atoms with Crippen LogP contribution in [-0.4, -0.2) is 29.7 Å². The predicted molar refractivity (Wildman–Crippen MR) is 115 cm³/mol. The van der Waals surface area contributed by atoms with Crippen LogP contribution in [0.25, 0.3) is 0 Å². The van der Waals surface area contributed by atoms with Crippen molar-refractivity contribution in [1.82, 2.24) is 4.90 Å². The summed E-state index contributed by atoms with van der Waals surface area (Å²) in [5.74, 6) is -0.171. The summed E-state index contributed by atoms with van der Waals surface area (Å²) in [5, 5.41) is 3.02. The summed E-state index contributed by atoms with van der Waals surface area (Å²) in [6.45, 7) is 5.88. The van der Waals surface area contributed by atoms with Crippen LogP contribution in [0.1, 0.15) is 70.1 Å². The Morgan fingerprint density at radius 3 is 2.71 bits per heavy atom. The molecule has 2 aliphatic rings. The van der Waals surface area contributed by atoms with E-state index < -0.39 is 0 Å². The maximum Gasteiger partial charge on any atom is 0.255 e. The van der Waals surface area contributed by atoms with Gasteiger partial charge < -0.3 is 5.32 Å². The zero-order valence-corrected chi connectivity index (χ0v) is 17.3. The first kappa shape index (κ1) is 20.6. The molecule has 4 rings (SSSR count). The van der Waals surface area contributed by atoms with Crippen molar-refractivity contribution in [3.8, 4) is 0 Å². The maximum atomic E-state index is 12.8. The minimum atomic E-state index is -0.167. The number of ketones is 1. The quantitative estimate of drug-likeness (QED) is 0.751. The minimum absolute atomic E-state index is 0. The van der Waals surface area contributed by atoms with E-state index >= 15 is 0 Å². The first-order chi connectivity index (χ1) is 13.1. The molecular weight excluding hydrogens is 372 g/mol. The van der Waals surface area contributed by atoms with Crippen LogP contribution in [0.4, 0.5) is 5.69 Å². The number of anilines is 1. The van der Waals surface area contributed by atoms with E-state index in [1.54, 1.807) is 19.1 Å². The van der Waals surface area contributed by atoms with Crippen molar-refractivity contribution in [1.29, 1.82) is 0 Å². The number of halogens is 1. The van der Waals surface area contributed by atoms with Crippen molar-refractivity contribution in [3.63, 3.8) is 0 Å². The Hall–Kier alpha value is -2.17. The minimum Gasteiger partial charge on any atom is -0.322 e. The third-order valence-electron chi connectivity index (χ3n) is 5.93. The smallest absolute Gasteiger partial charge is 0.255 e. The molecule has 1 fully saturated rings. The van der Waals surface area contributed by atoms with E-state index in [0.29, 0.717) is 17.2 Å². The van der Waals surface area contributed by atoms with Gasteiger partial charge >= 0.3 is 0 Å². The SMILES string of the molecule is CCc1ccc(C(=O)Nc2ccc3c(c2)C2CCCN2CC3)cc1C(C)=O.Cl. The first-order valence-corrected chi connectivity index (χ1v) is 9.89. The molecule has 4 nitrogen and oxygen atoms in total. The molecule has 148 valence electrons. The number of nitrogens with zero attached hydrogens (tertiary/aromatic N) is 1. The Balaban J connectivity index is 0.00000225. The summed E-state index contributed by atoms with van der Waals surface area (Å²) in [5.41, 5.74) is 5.74. The average molecular weight is 399 g/mol. The number of carbonyl (C=O) groups excluding carboxylic acids is 2. The molecule has 0 aliphatic carbocycles. The van der Waals surface area contributed by atoms with Gasteiger partial charge in [-0.1, -0.05) is 19.1 Å². The zero-order valence-electron chi connectivity index (χ0n) is 16.5. The number of hydrogen-bond acceptors (Lipinski definition) is 3. The number of rotatable bonds is 4. The topological polar surface area (TPSA) is 49.4 Å². The molecular formula is C23H27ClN2O2. The van der Waals surface area contributed by atoms with Gasteiger partial charge in [0.1, 0.15) is 0 Å². The normalized spacial score (nSPS) is 18.0. The molecule has 1 unspecified atom stereocenters. The van der Waals surface area contributed by atoms with Crippen LogP contribution >= 0.6 is 12.4 Å². The van der Waals surface area contributed by atoms with Crippen LogP contribution in [-0.2, 0) is 12.8 Å². The van der Waals surface area contributed by atoms with Gasteiger partial charge in [-0.15, -0.1) is 12.4 Å². The highest BCUT2D eigenvalue weighted by molar-refractivity contribution is 6.06. The number of Topliss-reactive ketones (excluding diaryl/α,β-unsaturated/α-hetero) is 1. The van der Waals surface area contributed by atoms with Crippen molar-refractivity contribution in [2.24, 2.45) is 0 Å². The second kappa shape index (κ2) is 8.46. The lowest BCUT2D eigenvalue weighted by atomic mass is 9.92. The number of carbonyl (C=O) groups is 2. The van der Waals surface area contributed by atoms with Crippen LogP contribution in [0, 0.1) is 0 Å². The summed E-state index contributed by atoms with van der Waals surface area (Å²) in [4.78, 5) is 27.2. The fourth-order valence-electron chi connectivity index (χ4n) is 4.48. The Morgan fingerprint density at radius 1 is 1.14 bits per heavy atom. The number of aryl methyl sites for hydroxylation is 1. The van der Waals surface area contributed by atoms with E-state index in [1.165, 1.54) is 30.5 Å². The highest BCUT2D eigenvalue weighted by Gasteiger charge is 2.31. The fourth-order valence-corrected chi connectivity index (χ4v) is 4.48. The average Bonchev–Trinajstić information content (AvgIpc) is 3.16. The van der Waals surface area contributed by atoms with Gasteiger partial charge in [0.25, 0.3) is 5.91 Å². The molecule has 2 heterocycles. The molecule has 1 N–H and O–H groups in total. The van der Waals surface area contributed by atoms with E-state index in [4.69, 9.17) is 0 Å². The van der Waals surface area contributed by atoms with Crippen LogP contribution in [0.3, 0.4) is 0 Å². The molecule has 1 atom stereocenters. The second-order valence-corrected chi connectivity index (χ2v) is 7.59. The van der Waals surface area contributed by atoms with E-state index in [9.17, 15) is 9.59 Å². The number of benzene rings is 2. The van der Waals surface area contributed by atoms with Gasteiger partial charge in [-0.3, -0.25) is 14.5 Å². The lowest BCUT2D eigenvalue weighted by Crippen LogP contribution is -2.31. The second-order valence-electron chi connectivity index (χ2n) is 7.59. The van der Waals surface area contributed by atoms with Gasteiger partial charge in [0, 0.05) is 29.4 Å². The zero-order chi connectivity index (χ0) is 19.0. The van der Waals surface area contributed by atoms with Crippen LogP contribution in [0.5, 0.6) is 0 Å². The molecule has 0 bridgehead atoms. The third-order valence-corrected chi connectivity index (χ3v) is 5.93. The molecule has 0 radical (unpaired) electrons. The highest BCUT2D eigenvalue weighted by Crippen LogP contribution is 2.38. The monoisotopic (exact) mass is 398 g/mol. The van der Waals surface area contributed by atoms with Crippen LogP contribution in [0.2, 0.25) is 0 Å². The number of hydrogen-bond donors (Lipinski definition) is 1. The van der Waals surface area contributed by atoms with Crippen molar-refractivity contribution < 1.29 is 9.59 Å². The molecule has 28 heavy (non-hydrogen) atoms. The van der Waals surface area contributed by atoms with E-state index in [1.807, 2.05) is 19.1 Å². The molecule has 2 aromatic rings. The van der Waals surface area contributed by atoms with Crippen LogP contribution < -0.4 is 5.32 Å². The van der Waals surface area contributed by atoms with Gasteiger partial charge in [-0.25, -0.2) is 0 Å². The molecule has 1 saturated heterocycles. The van der Waals surface area contributed by atoms with Gasteiger partial charge in [-0.05, 0) is 80.1 Å². The first-order valence-electron chi connectivity index (χ1n) is 9.89. The summed E-state index contributed by atoms with van der Waals surface area (Å²) in [6.07, 6.45) is 4.31. The number of nitrogens with one attached hydrogen (secondary N) is 1. The van der Waals surface area contributed by atoms with Crippen molar-refractivity contribution in [2.75, 3.05) is 18.4 Å². The third kappa shape index (κ3) is 3.85. The summed E-state index contributed by atoms with van der Waals surface area (Å²) >= 11 is 0. The summed E-state index contributed by atoms with van der Waals surface area (Å²) < 4.78 is 0. The van der Waals surface area contributed by atoms with Crippen molar-refractivity contribution >= 4 is 29.8 Å². The maximum absolute atomic E-state index is 12.8. The van der Waals surface area contributed by atoms with Crippen molar-refractivity contribution in [3.05, 3.63) is 64.2 Å². The fraction of sp³-hybridized carbons (Fsp3) is 0.391. The molecule has 2 aromatic carbocycles. The molecule has 1 amide bonds. The molecule has 0 spiro atoms. The van der Waals surface area contributed by atoms with Gasteiger partial charge in [0.05, 0.1) is 0 Å². The van der Waals surface area contributed by atoms with Crippen LogP contribution in [0.15, 0.2) is 36.4 Å². The molecule has 5 heteroatoms. The van der Waals surface area contributed by atoms with Gasteiger partial charge in [-0.2, -0.15) is 0 Å². The lowest BCUT2D eigenvalue weighted by Gasteiger charge is -2.32. The Labute approximate surface area is 172 Å². The summed E-state index contributed by atoms with van der Waals surface area (Å²) in [7, 11) is 0. The van der Waals surface area contributed by atoms with Gasteiger partial charge in [0.15, 0.2) is 5.78 Å². The van der Waals surface area contributed by atoms with Gasteiger partial charge in [0.2, 0.25) is 0 Å². The molecule has 2 aliphatic heterocycles. The lowest BCUT2D eigenvalue weighted by molar-refractivity contribution is 0.101. The molecule has 0 aromatic heterocycles.